The summed E-state index contributed by atoms with van der Waals surface area (Å²) in [5.74, 6) is -0.294. The Balaban J connectivity index is 4.36. The number of rotatable bonds is 3. The van der Waals surface area contributed by atoms with Gasteiger partial charge in [-0.1, -0.05) is 6.08 Å². The second-order valence-electron chi connectivity index (χ2n) is 5.41. The van der Waals surface area contributed by atoms with Gasteiger partial charge in [0.15, 0.2) is 0 Å². The number of carbonyl (C=O) groups excluding carboxylic acids is 1. The minimum absolute atomic E-state index is 0.142. The highest BCUT2D eigenvalue weighted by Gasteiger charge is 2.18. The predicted octanol–water partition coefficient (Wildman–Crippen LogP) is 2.22. The summed E-state index contributed by atoms with van der Waals surface area (Å²) in [6.45, 7) is 9.64. The van der Waals surface area contributed by atoms with Crippen LogP contribution in [0.2, 0.25) is 0 Å². The average molecular weight is 213 g/mol. The molecule has 0 aliphatic rings. The van der Waals surface area contributed by atoms with Gasteiger partial charge in [-0.15, -0.1) is 0 Å². The third-order valence-corrected chi connectivity index (χ3v) is 2.19. The second kappa shape index (κ2) is 4.79. The summed E-state index contributed by atoms with van der Waals surface area (Å²) >= 11 is 0. The van der Waals surface area contributed by atoms with Gasteiger partial charge < -0.3 is 9.64 Å². The van der Waals surface area contributed by atoms with Gasteiger partial charge in [0.05, 0.1) is 0 Å². The fraction of sp³-hybridized carbons (Fsp3) is 0.750. The average Bonchev–Trinajstić information content (AvgIpc) is 1.97. The lowest BCUT2D eigenvalue weighted by atomic mass is 10.0. The number of esters is 1. The monoisotopic (exact) mass is 213 g/mol. The molecular weight excluding hydrogens is 190 g/mol. The van der Waals surface area contributed by atoms with Crippen molar-refractivity contribution in [1.29, 1.82) is 0 Å². The molecule has 0 aromatic heterocycles. The summed E-state index contributed by atoms with van der Waals surface area (Å²) in [4.78, 5) is 13.4. The first-order valence-electron chi connectivity index (χ1n) is 5.14. The first kappa shape index (κ1) is 14.2. The zero-order valence-corrected chi connectivity index (χ0v) is 10.9. The summed E-state index contributed by atoms with van der Waals surface area (Å²) in [7, 11) is 3.94. The number of ether oxygens (including phenoxy) is 1. The molecule has 0 unspecified atom stereocenters. The molecule has 0 fully saturated rings. The van der Waals surface area contributed by atoms with E-state index in [4.69, 9.17) is 4.74 Å². The number of carbonyl (C=O) groups is 1. The first-order valence-corrected chi connectivity index (χ1v) is 5.14. The first-order chi connectivity index (χ1) is 6.54. The molecule has 0 aliphatic carbocycles. The van der Waals surface area contributed by atoms with Crippen molar-refractivity contribution in [2.45, 2.75) is 45.8 Å². The van der Waals surface area contributed by atoms with Crippen LogP contribution >= 0.6 is 0 Å². The van der Waals surface area contributed by atoms with Gasteiger partial charge in [-0.2, -0.15) is 0 Å². The molecule has 3 heteroatoms. The van der Waals surface area contributed by atoms with Gasteiger partial charge in [-0.05, 0) is 48.7 Å². The quantitative estimate of drug-likeness (QED) is 0.532. The zero-order valence-electron chi connectivity index (χ0n) is 10.9. The molecule has 0 aromatic carbocycles. The maximum atomic E-state index is 11.4. The van der Waals surface area contributed by atoms with Crippen LogP contribution in [-0.2, 0) is 9.53 Å². The topological polar surface area (TPSA) is 29.5 Å². The van der Waals surface area contributed by atoms with Crippen LogP contribution in [0.5, 0.6) is 0 Å². The molecule has 15 heavy (non-hydrogen) atoms. The summed E-state index contributed by atoms with van der Waals surface area (Å²) in [5, 5.41) is 0. The molecule has 0 spiro atoms. The molecule has 0 amide bonds. The van der Waals surface area contributed by atoms with Crippen LogP contribution in [0.15, 0.2) is 12.2 Å². The number of nitrogens with zero attached hydrogens (tertiary/aromatic N) is 1. The third kappa shape index (κ3) is 6.28. The van der Waals surface area contributed by atoms with Crippen LogP contribution in [0, 0.1) is 0 Å². The Kier molecular flexibility index (Phi) is 4.53. The van der Waals surface area contributed by atoms with Crippen molar-refractivity contribution in [2.75, 3.05) is 14.1 Å². The van der Waals surface area contributed by atoms with E-state index >= 15 is 0 Å². The van der Waals surface area contributed by atoms with E-state index in [2.05, 4.69) is 0 Å². The smallest absolute Gasteiger partial charge is 0.331 e. The van der Waals surface area contributed by atoms with Gasteiger partial charge in [-0.3, -0.25) is 0 Å². The van der Waals surface area contributed by atoms with E-state index in [-0.39, 0.29) is 11.5 Å². The molecule has 0 bridgehead atoms. The number of hydrogen-bond acceptors (Lipinski definition) is 3. The molecule has 0 saturated carbocycles. The minimum Gasteiger partial charge on any atom is -0.457 e. The van der Waals surface area contributed by atoms with Crippen LogP contribution in [0.1, 0.15) is 34.6 Å². The highest BCUT2D eigenvalue weighted by molar-refractivity contribution is 5.82. The second-order valence-corrected chi connectivity index (χ2v) is 5.41. The van der Waals surface area contributed by atoms with Crippen molar-refractivity contribution >= 4 is 5.97 Å². The Morgan fingerprint density at radius 3 is 1.93 bits per heavy atom. The van der Waals surface area contributed by atoms with Gasteiger partial charge in [0.2, 0.25) is 0 Å². The molecule has 0 atom stereocenters. The van der Waals surface area contributed by atoms with Crippen molar-refractivity contribution < 1.29 is 9.53 Å². The highest BCUT2D eigenvalue weighted by atomic mass is 16.6. The number of hydrogen-bond donors (Lipinski definition) is 0. The van der Waals surface area contributed by atoms with Gasteiger partial charge >= 0.3 is 5.97 Å². The maximum absolute atomic E-state index is 11.4. The summed E-state index contributed by atoms with van der Waals surface area (Å²) in [6, 6.07) is 0. The van der Waals surface area contributed by atoms with Gasteiger partial charge in [0.25, 0.3) is 0 Å². The van der Waals surface area contributed by atoms with Crippen LogP contribution in [0.4, 0.5) is 0 Å². The fourth-order valence-corrected chi connectivity index (χ4v) is 0.757. The Morgan fingerprint density at radius 2 is 1.60 bits per heavy atom. The zero-order chi connectivity index (χ0) is 12.3. The molecule has 0 saturated heterocycles. The van der Waals surface area contributed by atoms with Crippen molar-refractivity contribution in [3.05, 3.63) is 12.2 Å². The predicted molar refractivity (Wildman–Crippen MR) is 62.8 cm³/mol. The summed E-state index contributed by atoms with van der Waals surface area (Å²) in [6.07, 6.45) is 3.34. The Bertz CT molecular complexity index is 247. The highest BCUT2D eigenvalue weighted by Crippen LogP contribution is 2.13. The fourth-order valence-electron chi connectivity index (χ4n) is 0.757. The van der Waals surface area contributed by atoms with E-state index in [9.17, 15) is 4.79 Å². The summed E-state index contributed by atoms with van der Waals surface area (Å²) in [5.41, 5.74) is -0.569. The largest absolute Gasteiger partial charge is 0.457 e. The number of likely N-dealkylation sites (N-methyl/N-ethyl adjacent to an activating group) is 1. The van der Waals surface area contributed by atoms with E-state index in [1.807, 2.05) is 59.7 Å². The lowest BCUT2D eigenvalue weighted by Gasteiger charge is -2.29. The van der Waals surface area contributed by atoms with Crippen molar-refractivity contribution in [3.63, 3.8) is 0 Å². The van der Waals surface area contributed by atoms with E-state index in [0.717, 1.165) is 0 Å². The van der Waals surface area contributed by atoms with E-state index in [1.165, 1.54) is 6.08 Å². The van der Waals surface area contributed by atoms with Crippen LogP contribution in [-0.4, -0.2) is 36.1 Å². The Labute approximate surface area is 93.1 Å². The van der Waals surface area contributed by atoms with Crippen LogP contribution in [0.25, 0.3) is 0 Å². The minimum atomic E-state index is -0.427. The lowest BCUT2D eigenvalue weighted by Crippen LogP contribution is -2.36. The molecule has 0 aromatic rings. The standard InChI is InChI=1S/C12H23NO2/c1-11(2,3)15-10(14)8-9-12(4,5)13(6)7/h8-9H,1-7H3/b9-8+. The molecule has 0 N–H and O–H groups in total. The van der Waals surface area contributed by atoms with Crippen LogP contribution < -0.4 is 0 Å². The Morgan fingerprint density at radius 1 is 1.13 bits per heavy atom. The molecule has 3 nitrogen and oxygen atoms in total. The molecule has 0 aliphatic heterocycles. The lowest BCUT2D eigenvalue weighted by molar-refractivity contribution is -0.148. The van der Waals surface area contributed by atoms with Gasteiger partial charge in [0.1, 0.15) is 5.60 Å². The van der Waals surface area contributed by atoms with Gasteiger partial charge in [-0.25, -0.2) is 4.79 Å². The normalized spacial score (nSPS) is 13.6. The Hall–Kier alpha value is -0.830. The van der Waals surface area contributed by atoms with E-state index in [0.29, 0.717) is 0 Å². The van der Waals surface area contributed by atoms with Crippen molar-refractivity contribution in [2.24, 2.45) is 0 Å². The van der Waals surface area contributed by atoms with E-state index < -0.39 is 5.60 Å². The molecular formula is C12H23NO2. The summed E-state index contributed by atoms with van der Waals surface area (Å²) < 4.78 is 5.17. The molecule has 88 valence electrons. The van der Waals surface area contributed by atoms with E-state index in [1.54, 1.807) is 0 Å². The van der Waals surface area contributed by atoms with Crippen molar-refractivity contribution in [1.82, 2.24) is 4.90 Å². The molecule has 0 heterocycles. The SMILES string of the molecule is CN(C)C(C)(C)/C=C/C(=O)OC(C)(C)C. The van der Waals surface area contributed by atoms with Crippen molar-refractivity contribution in [3.8, 4) is 0 Å². The molecule has 0 rings (SSSR count). The maximum Gasteiger partial charge on any atom is 0.331 e. The van der Waals surface area contributed by atoms with Gasteiger partial charge in [0, 0.05) is 11.6 Å². The molecule has 0 radical (unpaired) electrons. The third-order valence-electron chi connectivity index (χ3n) is 2.19. The van der Waals surface area contributed by atoms with Crippen LogP contribution in [0.3, 0.4) is 0 Å².